The smallest absolute Gasteiger partial charge is 0.334 e. The zero-order valence-corrected chi connectivity index (χ0v) is 11.5. The molecule has 0 spiro atoms. The lowest BCUT2D eigenvalue weighted by Gasteiger charge is -2.35. The van der Waals surface area contributed by atoms with E-state index in [0.29, 0.717) is 5.71 Å². The quantitative estimate of drug-likeness (QED) is 0.464. The molecule has 0 radical (unpaired) electrons. The van der Waals surface area contributed by atoms with Crippen molar-refractivity contribution >= 4 is 11.5 Å². The second-order valence-corrected chi connectivity index (χ2v) is 4.98. The van der Waals surface area contributed by atoms with E-state index in [1.54, 1.807) is 0 Å². The maximum Gasteiger partial charge on any atom is 0.449 e. The number of nitrogens with two attached hydrogens (primary N) is 1. The van der Waals surface area contributed by atoms with Crippen LogP contribution in [0.15, 0.2) is 29.9 Å². The molecule has 4 nitrogen and oxygen atoms in total. The van der Waals surface area contributed by atoms with Crippen LogP contribution in [-0.2, 0) is 0 Å². The van der Waals surface area contributed by atoms with Crippen molar-refractivity contribution < 1.29 is 13.2 Å². The van der Waals surface area contributed by atoms with Crippen LogP contribution in [0.2, 0.25) is 0 Å². The van der Waals surface area contributed by atoms with Gasteiger partial charge in [-0.2, -0.15) is 13.2 Å². The molecule has 0 saturated heterocycles. The number of likely N-dealkylation sites (N-methyl/N-ethyl adjacent to an activating group) is 1. The highest BCUT2D eigenvalue weighted by atomic mass is 19.4. The summed E-state index contributed by atoms with van der Waals surface area (Å²) in [5, 5.41) is 7.71. The van der Waals surface area contributed by atoms with Crippen LogP contribution in [0, 0.1) is 11.3 Å². The summed E-state index contributed by atoms with van der Waals surface area (Å²) in [5.74, 6) is -0.906. The zero-order chi connectivity index (χ0) is 15.6. The summed E-state index contributed by atoms with van der Waals surface area (Å²) < 4.78 is 38.6. The molecule has 0 aromatic rings. The summed E-state index contributed by atoms with van der Waals surface area (Å²) in [6, 6.07) is 0. The Morgan fingerprint density at radius 1 is 1.45 bits per heavy atom. The molecule has 1 saturated carbocycles. The molecule has 1 aliphatic carbocycles. The van der Waals surface area contributed by atoms with Gasteiger partial charge in [0.1, 0.15) is 5.66 Å². The number of rotatable bonds is 5. The molecule has 0 aliphatic heterocycles. The highest BCUT2D eigenvalue weighted by molar-refractivity contribution is 5.96. The standard InChI is InChI=1S/C13H19F3N4/c1-4-19-11(13(14,15)16)20(3)12(2,18)8-7-10(17)9-5-6-9/h4,7-9,17H,1,5-6,18H2,2-3H3/b8-7-,17-10?,19-11?. The Kier molecular flexibility index (Phi) is 4.75. The van der Waals surface area contributed by atoms with Gasteiger partial charge in [0.15, 0.2) is 0 Å². The Morgan fingerprint density at radius 3 is 2.40 bits per heavy atom. The SMILES string of the molecule is C=CN=C(N(C)C(C)(N)/C=C\C(=N)C1CC1)C(F)(F)F. The summed E-state index contributed by atoms with van der Waals surface area (Å²) in [6.07, 6.45) is 0.957. The molecule has 0 aromatic carbocycles. The Morgan fingerprint density at radius 2 is 2.00 bits per heavy atom. The van der Waals surface area contributed by atoms with Crippen LogP contribution in [0.4, 0.5) is 13.2 Å². The van der Waals surface area contributed by atoms with Gasteiger partial charge in [0, 0.05) is 24.9 Å². The van der Waals surface area contributed by atoms with E-state index < -0.39 is 17.7 Å². The van der Waals surface area contributed by atoms with Gasteiger partial charge in [-0.25, -0.2) is 4.99 Å². The summed E-state index contributed by atoms with van der Waals surface area (Å²) in [6.45, 7) is 4.60. The fourth-order valence-electron chi connectivity index (χ4n) is 1.57. The van der Waals surface area contributed by atoms with Crippen LogP contribution in [-0.4, -0.2) is 35.3 Å². The van der Waals surface area contributed by atoms with E-state index in [-0.39, 0.29) is 5.92 Å². The Hall–Kier alpha value is -1.63. The number of alkyl halides is 3. The molecule has 3 N–H and O–H groups in total. The van der Waals surface area contributed by atoms with Crippen LogP contribution < -0.4 is 5.73 Å². The van der Waals surface area contributed by atoms with Crippen molar-refractivity contribution in [1.82, 2.24) is 4.90 Å². The van der Waals surface area contributed by atoms with Crippen LogP contribution >= 0.6 is 0 Å². The molecule has 1 atom stereocenters. The van der Waals surface area contributed by atoms with E-state index >= 15 is 0 Å². The highest BCUT2D eigenvalue weighted by Gasteiger charge is 2.42. The van der Waals surface area contributed by atoms with E-state index in [4.69, 9.17) is 11.1 Å². The van der Waals surface area contributed by atoms with Gasteiger partial charge < -0.3 is 16.0 Å². The third-order valence-electron chi connectivity index (χ3n) is 3.13. The zero-order valence-electron chi connectivity index (χ0n) is 11.5. The highest BCUT2D eigenvalue weighted by Crippen LogP contribution is 2.30. The largest absolute Gasteiger partial charge is 0.449 e. The fraction of sp³-hybridized carbons (Fsp3) is 0.538. The van der Waals surface area contributed by atoms with E-state index in [1.165, 1.54) is 26.1 Å². The molecule has 7 heteroatoms. The van der Waals surface area contributed by atoms with Gasteiger partial charge in [-0.05, 0) is 31.9 Å². The van der Waals surface area contributed by atoms with E-state index in [0.717, 1.165) is 23.9 Å². The lowest BCUT2D eigenvalue weighted by atomic mass is 10.1. The maximum absolute atomic E-state index is 12.9. The van der Waals surface area contributed by atoms with Crippen LogP contribution in [0.5, 0.6) is 0 Å². The number of amidine groups is 1. The lowest BCUT2D eigenvalue weighted by Crippen LogP contribution is -2.56. The monoisotopic (exact) mass is 288 g/mol. The molecule has 0 bridgehead atoms. The number of halogens is 3. The van der Waals surface area contributed by atoms with Crippen molar-refractivity contribution in [1.29, 1.82) is 5.41 Å². The summed E-state index contributed by atoms with van der Waals surface area (Å²) in [5.41, 5.74) is 4.87. The van der Waals surface area contributed by atoms with Gasteiger partial charge >= 0.3 is 6.18 Å². The molecule has 1 aliphatic rings. The van der Waals surface area contributed by atoms with Gasteiger partial charge in [-0.3, -0.25) is 0 Å². The van der Waals surface area contributed by atoms with Crippen molar-refractivity contribution in [2.24, 2.45) is 16.6 Å². The molecule has 112 valence electrons. The lowest BCUT2D eigenvalue weighted by molar-refractivity contribution is -0.0709. The number of nitrogens with one attached hydrogen (secondary N) is 1. The molecule has 1 unspecified atom stereocenters. The first kappa shape index (κ1) is 16.4. The predicted octanol–water partition coefficient (Wildman–Crippen LogP) is 2.68. The third kappa shape index (κ3) is 4.19. The molecule has 20 heavy (non-hydrogen) atoms. The van der Waals surface area contributed by atoms with Crippen LogP contribution in [0.25, 0.3) is 0 Å². The third-order valence-corrected chi connectivity index (χ3v) is 3.13. The first-order valence-electron chi connectivity index (χ1n) is 6.16. The number of hydrogen-bond acceptors (Lipinski definition) is 3. The van der Waals surface area contributed by atoms with Crippen molar-refractivity contribution in [2.75, 3.05) is 7.05 Å². The molecular weight excluding hydrogens is 269 g/mol. The molecule has 0 aromatic heterocycles. The van der Waals surface area contributed by atoms with E-state index in [1.807, 2.05) is 0 Å². The fourth-order valence-corrected chi connectivity index (χ4v) is 1.57. The number of aliphatic imine (C=N–C) groups is 1. The first-order valence-corrected chi connectivity index (χ1v) is 6.16. The Balaban J connectivity index is 2.90. The predicted molar refractivity (Wildman–Crippen MR) is 73.6 cm³/mol. The minimum absolute atomic E-state index is 0.219. The van der Waals surface area contributed by atoms with Crippen molar-refractivity contribution in [2.45, 2.75) is 31.6 Å². The number of allylic oxidation sites excluding steroid dienone is 1. The van der Waals surface area contributed by atoms with Crippen LogP contribution in [0.3, 0.4) is 0 Å². The van der Waals surface area contributed by atoms with Crippen molar-refractivity contribution in [3.05, 3.63) is 24.9 Å². The summed E-state index contributed by atoms with van der Waals surface area (Å²) >= 11 is 0. The Bertz CT molecular complexity index is 445. The normalized spacial score (nSPS) is 19.8. The first-order chi connectivity index (χ1) is 9.09. The van der Waals surface area contributed by atoms with Gasteiger partial charge in [0.05, 0.1) is 0 Å². The molecular formula is C13H19F3N4. The van der Waals surface area contributed by atoms with Gasteiger partial charge in [0.25, 0.3) is 0 Å². The van der Waals surface area contributed by atoms with Crippen molar-refractivity contribution in [3.8, 4) is 0 Å². The second-order valence-electron chi connectivity index (χ2n) is 4.98. The topological polar surface area (TPSA) is 65.5 Å². The van der Waals surface area contributed by atoms with Crippen molar-refractivity contribution in [3.63, 3.8) is 0 Å². The molecule has 0 amide bonds. The van der Waals surface area contributed by atoms with Gasteiger partial charge in [-0.15, -0.1) is 0 Å². The average Bonchev–Trinajstić information content (AvgIpc) is 3.14. The average molecular weight is 288 g/mol. The molecule has 1 fully saturated rings. The second kappa shape index (κ2) is 5.78. The minimum Gasteiger partial charge on any atom is -0.334 e. The van der Waals surface area contributed by atoms with E-state index in [2.05, 4.69) is 11.6 Å². The number of nitrogens with zero attached hydrogens (tertiary/aromatic N) is 2. The maximum atomic E-state index is 12.9. The number of hydrogen-bond donors (Lipinski definition) is 2. The van der Waals surface area contributed by atoms with E-state index in [9.17, 15) is 13.2 Å². The van der Waals surface area contributed by atoms with Crippen LogP contribution in [0.1, 0.15) is 19.8 Å². The summed E-state index contributed by atoms with van der Waals surface area (Å²) in [7, 11) is 1.21. The van der Waals surface area contributed by atoms with Gasteiger partial charge in [0.2, 0.25) is 5.84 Å². The molecule has 0 heterocycles. The Labute approximate surface area is 116 Å². The molecule has 1 rings (SSSR count). The summed E-state index contributed by atoms with van der Waals surface area (Å²) in [4.78, 5) is 4.07. The minimum atomic E-state index is -4.62. The van der Waals surface area contributed by atoms with Gasteiger partial charge in [-0.1, -0.05) is 6.58 Å².